The first-order valence-corrected chi connectivity index (χ1v) is 12.4. The zero-order valence-corrected chi connectivity index (χ0v) is 20.3. The van der Waals surface area contributed by atoms with Crippen molar-refractivity contribution in [2.75, 3.05) is 43.0 Å². The molecule has 1 fully saturated rings. The minimum absolute atomic E-state index is 0.172. The second-order valence-electron chi connectivity index (χ2n) is 9.15. The SMILES string of the molecule is CCCN(CCO)C1CCCN(c2c(C#N)c(NCc3ccc(C)cc3)nc3ccccc23)C1. The third-order valence-corrected chi connectivity index (χ3v) is 6.68. The average Bonchev–Trinajstić information content (AvgIpc) is 2.87. The zero-order chi connectivity index (χ0) is 23.9. The van der Waals surface area contributed by atoms with E-state index in [1.807, 2.05) is 18.2 Å². The Morgan fingerprint density at radius 2 is 1.97 bits per heavy atom. The number of aromatic nitrogens is 1. The fourth-order valence-corrected chi connectivity index (χ4v) is 5.00. The highest BCUT2D eigenvalue weighted by Gasteiger charge is 2.28. The molecule has 0 amide bonds. The van der Waals surface area contributed by atoms with Gasteiger partial charge in [0, 0.05) is 37.6 Å². The van der Waals surface area contributed by atoms with Gasteiger partial charge in [-0.1, -0.05) is 55.0 Å². The molecule has 6 heteroatoms. The molecule has 2 aromatic carbocycles. The van der Waals surface area contributed by atoms with Gasteiger partial charge in [-0.05, 0) is 44.4 Å². The summed E-state index contributed by atoms with van der Waals surface area (Å²) in [6.45, 7) is 8.48. The van der Waals surface area contributed by atoms with Crippen LogP contribution >= 0.6 is 0 Å². The summed E-state index contributed by atoms with van der Waals surface area (Å²) < 4.78 is 0. The molecule has 0 bridgehead atoms. The van der Waals surface area contributed by atoms with Crippen molar-refractivity contribution in [1.82, 2.24) is 9.88 Å². The number of fused-ring (bicyclic) bond motifs is 1. The molecule has 2 N–H and O–H groups in total. The number of anilines is 2. The van der Waals surface area contributed by atoms with Crippen LogP contribution in [0.4, 0.5) is 11.5 Å². The summed E-state index contributed by atoms with van der Waals surface area (Å²) in [7, 11) is 0. The Bertz CT molecular complexity index is 1130. The Morgan fingerprint density at radius 1 is 1.18 bits per heavy atom. The first-order chi connectivity index (χ1) is 16.6. The van der Waals surface area contributed by atoms with E-state index in [9.17, 15) is 10.4 Å². The number of benzene rings is 2. The first kappa shape index (κ1) is 24.0. The number of rotatable bonds is 9. The van der Waals surface area contributed by atoms with Crippen molar-refractivity contribution in [2.24, 2.45) is 0 Å². The Hall–Kier alpha value is -3.14. The van der Waals surface area contributed by atoms with Crippen LogP contribution in [-0.2, 0) is 6.54 Å². The van der Waals surface area contributed by atoms with Crippen LogP contribution in [0.3, 0.4) is 0 Å². The summed E-state index contributed by atoms with van der Waals surface area (Å²) in [4.78, 5) is 9.61. The maximum absolute atomic E-state index is 10.3. The molecule has 2 heterocycles. The predicted octanol–water partition coefficient (Wildman–Crippen LogP) is 4.70. The van der Waals surface area contributed by atoms with Crippen molar-refractivity contribution in [2.45, 2.75) is 45.7 Å². The van der Waals surface area contributed by atoms with Crippen molar-refractivity contribution in [3.05, 3.63) is 65.2 Å². The minimum Gasteiger partial charge on any atom is -0.395 e. The number of aliphatic hydroxyl groups is 1. The molecule has 0 radical (unpaired) electrons. The molecule has 1 aliphatic rings. The van der Waals surface area contributed by atoms with E-state index in [0.717, 1.165) is 61.1 Å². The first-order valence-electron chi connectivity index (χ1n) is 12.4. The van der Waals surface area contributed by atoms with Crippen molar-refractivity contribution >= 4 is 22.4 Å². The molecule has 0 saturated carbocycles. The standard InChI is InChI=1S/C28H35N5O/c1-3-14-32(16-17-34)23-7-6-15-33(20-23)27-24-8-4-5-9-26(24)31-28(25(27)18-29)30-19-22-12-10-21(2)11-13-22/h4-5,8-13,23,34H,3,6-7,14-17,19-20H2,1-2H3,(H,30,31). The van der Waals surface area contributed by atoms with Gasteiger partial charge in [0.2, 0.25) is 0 Å². The fraction of sp³-hybridized carbons (Fsp3) is 0.429. The molecule has 1 unspecified atom stereocenters. The number of piperidine rings is 1. The van der Waals surface area contributed by atoms with Crippen LogP contribution in [0.25, 0.3) is 10.9 Å². The number of nitriles is 1. The quantitative estimate of drug-likeness (QED) is 0.485. The molecule has 6 nitrogen and oxygen atoms in total. The molecule has 0 aliphatic carbocycles. The Balaban J connectivity index is 1.69. The molecule has 1 atom stereocenters. The van der Waals surface area contributed by atoms with Gasteiger partial charge in [0.05, 0.1) is 17.8 Å². The lowest BCUT2D eigenvalue weighted by Crippen LogP contribution is -2.49. The van der Waals surface area contributed by atoms with E-state index in [2.05, 4.69) is 65.4 Å². The summed E-state index contributed by atoms with van der Waals surface area (Å²) in [5.74, 6) is 0.639. The number of aliphatic hydroxyl groups excluding tert-OH is 1. The van der Waals surface area contributed by atoms with Crippen molar-refractivity contribution in [1.29, 1.82) is 5.26 Å². The minimum atomic E-state index is 0.172. The highest BCUT2D eigenvalue weighted by Crippen LogP contribution is 2.36. The normalized spacial score (nSPS) is 16.1. The number of nitrogens with one attached hydrogen (secondary N) is 1. The molecule has 4 rings (SSSR count). The van der Waals surface area contributed by atoms with Gasteiger partial charge in [-0.15, -0.1) is 0 Å². The van der Waals surface area contributed by atoms with Crippen LogP contribution in [0.2, 0.25) is 0 Å². The van der Waals surface area contributed by atoms with E-state index < -0.39 is 0 Å². The van der Waals surface area contributed by atoms with Crippen LogP contribution in [0.1, 0.15) is 42.9 Å². The van der Waals surface area contributed by atoms with Crippen LogP contribution in [0.15, 0.2) is 48.5 Å². The Labute approximate surface area is 202 Å². The lowest BCUT2D eigenvalue weighted by atomic mass is 10.00. The van der Waals surface area contributed by atoms with Crippen molar-refractivity contribution in [3.8, 4) is 6.07 Å². The lowest BCUT2D eigenvalue weighted by Gasteiger charge is -2.41. The van der Waals surface area contributed by atoms with Gasteiger partial charge in [-0.2, -0.15) is 5.26 Å². The number of para-hydroxylation sites is 1. The smallest absolute Gasteiger partial charge is 0.147 e. The van der Waals surface area contributed by atoms with E-state index >= 15 is 0 Å². The van der Waals surface area contributed by atoms with Crippen molar-refractivity contribution < 1.29 is 5.11 Å². The molecule has 1 saturated heterocycles. The molecule has 3 aromatic rings. The largest absolute Gasteiger partial charge is 0.395 e. The summed E-state index contributed by atoms with van der Waals surface area (Å²) in [6.07, 6.45) is 3.23. The van der Waals surface area contributed by atoms with E-state index in [4.69, 9.17) is 4.98 Å². The maximum Gasteiger partial charge on any atom is 0.147 e. The van der Waals surface area contributed by atoms with Gasteiger partial charge in [-0.3, -0.25) is 4.90 Å². The van der Waals surface area contributed by atoms with Gasteiger partial charge in [0.25, 0.3) is 0 Å². The molecular formula is C28H35N5O. The summed E-state index contributed by atoms with van der Waals surface area (Å²) in [5, 5.41) is 24.3. The molecular weight excluding hydrogens is 422 g/mol. The van der Waals surface area contributed by atoms with E-state index in [-0.39, 0.29) is 6.61 Å². The number of aryl methyl sites for hydroxylation is 1. The molecule has 1 aliphatic heterocycles. The number of hydrogen-bond acceptors (Lipinski definition) is 6. The predicted molar refractivity (Wildman–Crippen MR) is 139 cm³/mol. The molecule has 0 spiro atoms. The summed E-state index contributed by atoms with van der Waals surface area (Å²) in [6, 6.07) is 19.4. The van der Waals surface area contributed by atoms with Gasteiger partial charge in [-0.25, -0.2) is 4.98 Å². The van der Waals surface area contributed by atoms with Gasteiger partial charge in [0.15, 0.2) is 0 Å². The van der Waals surface area contributed by atoms with E-state index in [1.165, 1.54) is 5.56 Å². The Kier molecular flexibility index (Phi) is 7.99. The van der Waals surface area contributed by atoms with Crippen LogP contribution in [-0.4, -0.2) is 53.8 Å². The highest BCUT2D eigenvalue weighted by atomic mass is 16.3. The average molecular weight is 458 g/mol. The molecule has 34 heavy (non-hydrogen) atoms. The van der Waals surface area contributed by atoms with E-state index in [1.54, 1.807) is 0 Å². The number of pyridine rings is 1. The second kappa shape index (κ2) is 11.3. The second-order valence-corrected chi connectivity index (χ2v) is 9.15. The summed E-state index contributed by atoms with van der Waals surface area (Å²) >= 11 is 0. The lowest BCUT2D eigenvalue weighted by molar-refractivity contribution is 0.138. The van der Waals surface area contributed by atoms with E-state index in [0.29, 0.717) is 30.5 Å². The topological polar surface area (TPSA) is 75.4 Å². The van der Waals surface area contributed by atoms with Gasteiger partial charge < -0.3 is 15.3 Å². The van der Waals surface area contributed by atoms with Crippen LogP contribution in [0.5, 0.6) is 0 Å². The number of nitrogens with zero attached hydrogens (tertiary/aromatic N) is 4. The van der Waals surface area contributed by atoms with Crippen LogP contribution < -0.4 is 10.2 Å². The summed E-state index contributed by atoms with van der Waals surface area (Å²) in [5.41, 5.74) is 4.86. The van der Waals surface area contributed by atoms with Gasteiger partial charge >= 0.3 is 0 Å². The van der Waals surface area contributed by atoms with Crippen molar-refractivity contribution in [3.63, 3.8) is 0 Å². The van der Waals surface area contributed by atoms with Gasteiger partial charge in [0.1, 0.15) is 17.5 Å². The third kappa shape index (κ3) is 5.32. The maximum atomic E-state index is 10.3. The highest BCUT2D eigenvalue weighted by molar-refractivity contribution is 5.97. The monoisotopic (exact) mass is 457 g/mol. The zero-order valence-electron chi connectivity index (χ0n) is 20.3. The third-order valence-electron chi connectivity index (χ3n) is 6.68. The molecule has 1 aromatic heterocycles. The fourth-order valence-electron chi connectivity index (χ4n) is 5.00. The number of hydrogen-bond donors (Lipinski definition) is 2. The van der Waals surface area contributed by atoms with Crippen LogP contribution in [0, 0.1) is 18.3 Å². The molecule has 178 valence electrons. The Morgan fingerprint density at radius 3 is 2.71 bits per heavy atom.